The second-order valence-electron chi connectivity index (χ2n) is 7.48. The zero-order chi connectivity index (χ0) is 18.6. The third-order valence-electron chi connectivity index (χ3n) is 4.66. The molecule has 0 bridgehead atoms. The van der Waals surface area contributed by atoms with E-state index in [0.717, 1.165) is 26.0 Å². The standard InChI is InChI=1S/C20H21BrO3S/c1-11-6-7-12(15-9-13(21)10-25-15)8-14(11)16-17(22)19(2,3)24-20(4,5)18(16)23/h6-10,16H,1-5H3. The van der Waals surface area contributed by atoms with E-state index in [1.54, 1.807) is 39.0 Å². The van der Waals surface area contributed by atoms with Gasteiger partial charge >= 0.3 is 0 Å². The Morgan fingerprint density at radius 2 is 1.64 bits per heavy atom. The van der Waals surface area contributed by atoms with Crippen LogP contribution in [0, 0.1) is 6.92 Å². The van der Waals surface area contributed by atoms with Crippen LogP contribution in [0.5, 0.6) is 0 Å². The van der Waals surface area contributed by atoms with Crippen LogP contribution in [0.1, 0.15) is 44.7 Å². The molecule has 3 rings (SSSR count). The molecule has 2 heterocycles. The molecule has 1 saturated heterocycles. The van der Waals surface area contributed by atoms with Gasteiger partial charge in [-0.1, -0.05) is 12.1 Å². The molecule has 0 unspecified atom stereocenters. The number of Topliss-reactive ketones (excluding diaryl/α,β-unsaturated/α-hetero) is 2. The van der Waals surface area contributed by atoms with Crippen molar-refractivity contribution in [2.45, 2.75) is 51.7 Å². The molecule has 132 valence electrons. The first kappa shape index (κ1) is 18.5. The van der Waals surface area contributed by atoms with Crippen LogP contribution in [0.15, 0.2) is 34.1 Å². The van der Waals surface area contributed by atoms with Gasteiger partial charge in [-0.3, -0.25) is 9.59 Å². The molecule has 1 aliphatic heterocycles. The van der Waals surface area contributed by atoms with Crippen LogP contribution in [0.3, 0.4) is 0 Å². The van der Waals surface area contributed by atoms with Crippen molar-refractivity contribution in [3.8, 4) is 10.4 Å². The number of carbonyl (C=O) groups is 2. The Morgan fingerprint density at radius 1 is 1.04 bits per heavy atom. The lowest BCUT2D eigenvalue weighted by molar-refractivity contribution is -0.184. The second kappa shape index (κ2) is 6.15. The highest BCUT2D eigenvalue weighted by molar-refractivity contribution is 9.10. The van der Waals surface area contributed by atoms with Gasteiger partial charge in [0.2, 0.25) is 0 Å². The van der Waals surface area contributed by atoms with Gasteiger partial charge in [-0.05, 0) is 79.4 Å². The monoisotopic (exact) mass is 420 g/mol. The quantitative estimate of drug-likeness (QED) is 0.619. The van der Waals surface area contributed by atoms with Gasteiger partial charge in [0.15, 0.2) is 11.6 Å². The van der Waals surface area contributed by atoms with Gasteiger partial charge in [0.05, 0.1) is 0 Å². The Morgan fingerprint density at radius 3 is 2.16 bits per heavy atom. The average Bonchev–Trinajstić information content (AvgIpc) is 2.93. The number of halogens is 1. The van der Waals surface area contributed by atoms with E-state index in [0.29, 0.717) is 0 Å². The highest BCUT2D eigenvalue weighted by Gasteiger charge is 2.53. The molecular weight excluding hydrogens is 400 g/mol. The summed E-state index contributed by atoms with van der Waals surface area (Å²) >= 11 is 5.10. The van der Waals surface area contributed by atoms with E-state index in [1.807, 2.05) is 36.6 Å². The number of benzene rings is 1. The molecule has 0 N–H and O–H groups in total. The van der Waals surface area contributed by atoms with E-state index >= 15 is 0 Å². The topological polar surface area (TPSA) is 43.4 Å². The lowest BCUT2D eigenvalue weighted by Crippen LogP contribution is -2.58. The summed E-state index contributed by atoms with van der Waals surface area (Å²) in [6, 6.07) is 8.03. The Balaban J connectivity index is 2.13. The molecule has 0 aliphatic carbocycles. The molecular formula is C20H21BrO3S. The van der Waals surface area contributed by atoms with Crippen molar-refractivity contribution in [2.24, 2.45) is 0 Å². The van der Waals surface area contributed by atoms with Crippen molar-refractivity contribution in [1.29, 1.82) is 0 Å². The summed E-state index contributed by atoms with van der Waals surface area (Å²) in [4.78, 5) is 27.1. The van der Waals surface area contributed by atoms with Gasteiger partial charge < -0.3 is 4.74 Å². The fourth-order valence-electron chi connectivity index (χ4n) is 3.40. The third-order valence-corrected chi connectivity index (χ3v) is 6.40. The number of ether oxygens (including phenoxy) is 1. The summed E-state index contributed by atoms with van der Waals surface area (Å²) in [5.74, 6) is -1.14. The molecule has 2 aromatic rings. The maximum atomic E-state index is 13.0. The number of hydrogen-bond donors (Lipinski definition) is 0. The van der Waals surface area contributed by atoms with Crippen molar-refractivity contribution in [3.05, 3.63) is 45.2 Å². The van der Waals surface area contributed by atoms with Crippen LogP contribution >= 0.6 is 27.3 Å². The van der Waals surface area contributed by atoms with Gasteiger partial charge in [-0.2, -0.15) is 0 Å². The number of ketones is 2. The molecule has 25 heavy (non-hydrogen) atoms. The van der Waals surface area contributed by atoms with Crippen LogP contribution in [-0.4, -0.2) is 22.8 Å². The SMILES string of the molecule is Cc1ccc(-c2cc(Br)cs2)cc1C1C(=O)C(C)(C)OC(C)(C)C1=O. The van der Waals surface area contributed by atoms with Crippen molar-refractivity contribution in [3.63, 3.8) is 0 Å². The predicted octanol–water partition coefficient (Wildman–Crippen LogP) is 5.30. The van der Waals surface area contributed by atoms with E-state index in [4.69, 9.17) is 4.74 Å². The fraction of sp³-hybridized carbons (Fsp3) is 0.400. The highest BCUT2D eigenvalue weighted by Crippen LogP contribution is 2.41. The Kier molecular flexibility index (Phi) is 4.55. The summed E-state index contributed by atoms with van der Waals surface area (Å²) < 4.78 is 6.82. The molecule has 5 heteroatoms. The van der Waals surface area contributed by atoms with Gasteiger partial charge in [0, 0.05) is 14.7 Å². The van der Waals surface area contributed by atoms with Gasteiger partial charge in [0.1, 0.15) is 17.1 Å². The molecule has 0 saturated carbocycles. The van der Waals surface area contributed by atoms with Gasteiger partial charge in [-0.15, -0.1) is 11.3 Å². The Bertz CT molecular complexity index is 838. The maximum absolute atomic E-state index is 13.0. The molecule has 1 fully saturated rings. The van der Waals surface area contributed by atoms with Gasteiger partial charge in [-0.25, -0.2) is 0 Å². The summed E-state index contributed by atoms with van der Waals surface area (Å²) in [5.41, 5.74) is 0.757. The summed E-state index contributed by atoms with van der Waals surface area (Å²) in [6.07, 6.45) is 0. The van der Waals surface area contributed by atoms with E-state index in [1.165, 1.54) is 0 Å². The van der Waals surface area contributed by atoms with Crippen LogP contribution in [-0.2, 0) is 14.3 Å². The maximum Gasteiger partial charge on any atom is 0.179 e. The number of carbonyl (C=O) groups excluding carboxylic acids is 2. The highest BCUT2D eigenvalue weighted by atomic mass is 79.9. The van der Waals surface area contributed by atoms with Crippen molar-refractivity contribution in [1.82, 2.24) is 0 Å². The lowest BCUT2D eigenvalue weighted by Gasteiger charge is -2.43. The smallest absolute Gasteiger partial charge is 0.179 e. The normalized spacial score (nSPS) is 20.1. The first-order valence-corrected chi connectivity index (χ1v) is 9.84. The van der Waals surface area contributed by atoms with E-state index < -0.39 is 17.1 Å². The average molecular weight is 421 g/mol. The largest absolute Gasteiger partial charge is 0.354 e. The minimum Gasteiger partial charge on any atom is -0.354 e. The minimum atomic E-state index is -0.990. The number of thiophene rings is 1. The zero-order valence-electron chi connectivity index (χ0n) is 15.0. The second-order valence-corrected chi connectivity index (χ2v) is 9.31. The van der Waals surface area contributed by atoms with E-state index in [9.17, 15) is 9.59 Å². The fourth-order valence-corrected chi connectivity index (χ4v) is 4.83. The molecule has 0 amide bonds. The predicted molar refractivity (Wildman–Crippen MR) is 104 cm³/mol. The molecule has 0 atom stereocenters. The lowest BCUT2D eigenvalue weighted by atomic mass is 9.74. The van der Waals surface area contributed by atoms with Crippen LogP contribution in [0.25, 0.3) is 10.4 Å². The molecule has 1 aromatic heterocycles. The van der Waals surface area contributed by atoms with Crippen LogP contribution < -0.4 is 0 Å². The van der Waals surface area contributed by atoms with Crippen LogP contribution in [0.4, 0.5) is 0 Å². The molecule has 3 nitrogen and oxygen atoms in total. The number of hydrogen-bond acceptors (Lipinski definition) is 4. The molecule has 1 aromatic carbocycles. The summed E-state index contributed by atoms with van der Waals surface area (Å²) in [5, 5.41) is 2.02. The summed E-state index contributed by atoms with van der Waals surface area (Å²) in [7, 11) is 0. The van der Waals surface area contributed by atoms with Gasteiger partial charge in [0.25, 0.3) is 0 Å². The number of rotatable bonds is 2. The summed E-state index contributed by atoms with van der Waals surface area (Å²) in [6.45, 7) is 8.91. The number of aryl methyl sites for hydroxylation is 1. The first-order valence-electron chi connectivity index (χ1n) is 8.17. The van der Waals surface area contributed by atoms with Crippen molar-refractivity contribution < 1.29 is 14.3 Å². The zero-order valence-corrected chi connectivity index (χ0v) is 17.4. The molecule has 1 aliphatic rings. The van der Waals surface area contributed by atoms with E-state index in [2.05, 4.69) is 15.9 Å². The Labute approximate surface area is 160 Å². The first-order chi connectivity index (χ1) is 11.5. The van der Waals surface area contributed by atoms with E-state index in [-0.39, 0.29) is 11.6 Å². The Hall–Kier alpha value is -1.30. The molecule has 0 radical (unpaired) electrons. The van der Waals surface area contributed by atoms with Crippen molar-refractivity contribution in [2.75, 3.05) is 0 Å². The molecule has 0 spiro atoms. The van der Waals surface area contributed by atoms with Crippen molar-refractivity contribution >= 4 is 38.8 Å². The minimum absolute atomic E-state index is 0.176. The third kappa shape index (κ3) is 3.25. The van der Waals surface area contributed by atoms with Crippen LogP contribution in [0.2, 0.25) is 0 Å².